The van der Waals surface area contributed by atoms with E-state index in [-0.39, 0.29) is 0 Å². The van der Waals surface area contributed by atoms with E-state index in [4.69, 9.17) is 4.74 Å². The van der Waals surface area contributed by atoms with Crippen molar-refractivity contribution in [1.82, 2.24) is 10.2 Å². The van der Waals surface area contributed by atoms with Gasteiger partial charge in [0.1, 0.15) is 0 Å². The van der Waals surface area contributed by atoms with Crippen molar-refractivity contribution in [3.05, 3.63) is 0 Å². The first-order chi connectivity index (χ1) is 9.13. The molecule has 0 amide bonds. The number of hydrogen-bond donors (Lipinski definition) is 1. The van der Waals surface area contributed by atoms with Crippen LogP contribution < -0.4 is 5.32 Å². The maximum absolute atomic E-state index is 5.56. The second-order valence-corrected chi connectivity index (χ2v) is 6.19. The highest BCUT2D eigenvalue weighted by atomic mass is 16.5. The summed E-state index contributed by atoms with van der Waals surface area (Å²) in [6.45, 7) is 14.7. The highest BCUT2D eigenvalue weighted by Crippen LogP contribution is 2.20. The summed E-state index contributed by atoms with van der Waals surface area (Å²) < 4.78 is 5.56. The molecule has 0 radical (unpaired) electrons. The topological polar surface area (TPSA) is 24.5 Å². The minimum Gasteiger partial charge on any atom is -0.379 e. The van der Waals surface area contributed by atoms with Gasteiger partial charge in [-0.3, -0.25) is 0 Å². The van der Waals surface area contributed by atoms with Crippen LogP contribution in [0.2, 0.25) is 0 Å². The van der Waals surface area contributed by atoms with Gasteiger partial charge in [-0.05, 0) is 78.6 Å². The number of rotatable bonds is 9. The third-order valence-corrected chi connectivity index (χ3v) is 4.12. The van der Waals surface area contributed by atoms with E-state index >= 15 is 0 Å². The SMILES string of the molecule is CCCN1CCC(C(C)NCCCOC(C)C)CC1. The van der Waals surface area contributed by atoms with Crippen LogP contribution in [0.5, 0.6) is 0 Å². The zero-order chi connectivity index (χ0) is 14.1. The molecule has 1 aliphatic heterocycles. The van der Waals surface area contributed by atoms with Crippen LogP contribution in [-0.4, -0.2) is 49.8 Å². The molecular weight excluding hydrogens is 236 g/mol. The highest BCUT2D eigenvalue weighted by Gasteiger charge is 2.22. The van der Waals surface area contributed by atoms with Crippen molar-refractivity contribution in [1.29, 1.82) is 0 Å². The lowest BCUT2D eigenvalue weighted by atomic mass is 9.90. The van der Waals surface area contributed by atoms with Crippen molar-refractivity contribution >= 4 is 0 Å². The summed E-state index contributed by atoms with van der Waals surface area (Å²) in [4.78, 5) is 2.61. The molecule has 0 aromatic heterocycles. The summed E-state index contributed by atoms with van der Waals surface area (Å²) in [6, 6.07) is 0.655. The van der Waals surface area contributed by atoms with Crippen molar-refractivity contribution in [3.8, 4) is 0 Å². The lowest BCUT2D eigenvalue weighted by Gasteiger charge is -2.35. The van der Waals surface area contributed by atoms with E-state index in [0.29, 0.717) is 12.1 Å². The Morgan fingerprint density at radius 2 is 1.89 bits per heavy atom. The summed E-state index contributed by atoms with van der Waals surface area (Å²) in [6.07, 6.45) is 5.49. The van der Waals surface area contributed by atoms with E-state index in [1.54, 1.807) is 0 Å². The van der Waals surface area contributed by atoms with Crippen molar-refractivity contribution in [2.24, 2.45) is 5.92 Å². The number of nitrogens with one attached hydrogen (secondary N) is 1. The van der Waals surface area contributed by atoms with E-state index in [1.165, 1.54) is 38.9 Å². The van der Waals surface area contributed by atoms with Crippen molar-refractivity contribution < 1.29 is 4.74 Å². The molecule has 3 heteroatoms. The number of ether oxygens (including phenoxy) is 1. The first-order valence-electron chi connectivity index (χ1n) is 8.20. The molecule has 1 heterocycles. The van der Waals surface area contributed by atoms with Crippen LogP contribution in [0.1, 0.15) is 53.4 Å². The largest absolute Gasteiger partial charge is 0.379 e. The molecule has 1 fully saturated rings. The molecule has 0 bridgehead atoms. The summed E-state index contributed by atoms with van der Waals surface area (Å²) in [5.41, 5.74) is 0. The second kappa shape index (κ2) is 9.73. The molecule has 1 atom stereocenters. The van der Waals surface area contributed by atoms with E-state index < -0.39 is 0 Å². The highest BCUT2D eigenvalue weighted by molar-refractivity contribution is 4.79. The van der Waals surface area contributed by atoms with Crippen LogP contribution in [0.15, 0.2) is 0 Å². The lowest BCUT2D eigenvalue weighted by Crippen LogP contribution is -2.42. The summed E-state index contributed by atoms with van der Waals surface area (Å²) in [7, 11) is 0. The van der Waals surface area contributed by atoms with Crippen molar-refractivity contribution in [2.45, 2.75) is 65.5 Å². The first kappa shape index (κ1) is 16.9. The molecule has 1 saturated heterocycles. The molecule has 3 nitrogen and oxygen atoms in total. The smallest absolute Gasteiger partial charge is 0.0518 e. The summed E-state index contributed by atoms with van der Waals surface area (Å²) in [5, 5.41) is 3.67. The number of piperidine rings is 1. The van der Waals surface area contributed by atoms with E-state index in [0.717, 1.165) is 25.5 Å². The third-order valence-electron chi connectivity index (χ3n) is 4.12. The summed E-state index contributed by atoms with van der Waals surface area (Å²) >= 11 is 0. The molecule has 19 heavy (non-hydrogen) atoms. The summed E-state index contributed by atoms with van der Waals surface area (Å²) in [5.74, 6) is 0.860. The quantitative estimate of drug-likeness (QED) is 0.652. The second-order valence-electron chi connectivity index (χ2n) is 6.19. The molecule has 1 rings (SSSR count). The molecule has 1 aliphatic rings. The normalized spacial score (nSPS) is 20.1. The predicted octanol–water partition coefficient (Wildman–Crippen LogP) is 2.90. The fourth-order valence-corrected chi connectivity index (χ4v) is 2.88. The Labute approximate surface area is 120 Å². The molecule has 0 aliphatic carbocycles. The van der Waals surface area contributed by atoms with Gasteiger partial charge in [-0.2, -0.15) is 0 Å². The van der Waals surface area contributed by atoms with E-state index in [9.17, 15) is 0 Å². The minimum absolute atomic E-state index is 0.361. The molecule has 1 unspecified atom stereocenters. The van der Waals surface area contributed by atoms with Gasteiger partial charge >= 0.3 is 0 Å². The van der Waals surface area contributed by atoms with Gasteiger partial charge in [0.05, 0.1) is 6.10 Å². The molecule has 0 saturated carbocycles. The Hall–Kier alpha value is -0.120. The van der Waals surface area contributed by atoms with Gasteiger partial charge in [-0.15, -0.1) is 0 Å². The van der Waals surface area contributed by atoms with Gasteiger partial charge in [0.15, 0.2) is 0 Å². The van der Waals surface area contributed by atoms with Crippen LogP contribution in [0.3, 0.4) is 0 Å². The van der Waals surface area contributed by atoms with Crippen molar-refractivity contribution in [2.75, 3.05) is 32.8 Å². The zero-order valence-corrected chi connectivity index (χ0v) is 13.5. The third kappa shape index (κ3) is 7.28. The maximum atomic E-state index is 5.56. The Morgan fingerprint density at radius 3 is 2.47 bits per heavy atom. The maximum Gasteiger partial charge on any atom is 0.0518 e. The molecule has 0 aromatic rings. The van der Waals surface area contributed by atoms with Gasteiger partial charge in [-0.25, -0.2) is 0 Å². The van der Waals surface area contributed by atoms with Gasteiger partial charge < -0.3 is 15.0 Å². The fraction of sp³-hybridized carbons (Fsp3) is 1.00. The van der Waals surface area contributed by atoms with Crippen LogP contribution in [0.4, 0.5) is 0 Å². The van der Waals surface area contributed by atoms with Crippen LogP contribution in [-0.2, 0) is 4.74 Å². The van der Waals surface area contributed by atoms with Crippen LogP contribution in [0, 0.1) is 5.92 Å². The van der Waals surface area contributed by atoms with Crippen LogP contribution in [0.25, 0.3) is 0 Å². The van der Waals surface area contributed by atoms with Gasteiger partial charge in [0.2, 0.25) is 0 Å². The average Bonchev–Trinajstić information content (AvgIpc) is 2.39. The molecule has 0 spiro atoms. The predicted molar refractivity (Wildman–Crippen MR) is 82.6 cm³/mol. The number of nitrogens with zero attached hydrogens (tertiary/aromatic N) is 1. The Morgan fingerprint density at radius 1 is 1.21 bits per heavy atom. The molecular formula is C16H34N2O. The van der Waals surface area contributed by atoms with Gasteiger partial charge in [-0.1, -0.05) is 6.92 Å². The number of hydrogen-bond acceptors (Lipinski definition) is 3. The Bertz CT molecular complexity index is 213. The first-order valence-corrected chi connectivity index (χ1v) is 8.20. The lowest BCUT2D eigenvalue weighted by molar-refractivity contribution is 0.0759. The average molecular weight is 270 g/mol. The monoisotopic (exact) mass is 270 g/mol. The van der Waals surface area contributed by atoms with Crippen LogP contribution >= 0.6 is 0 Å². The van der Waals surface area contributed by atoms with E-state index in [2.05, 4.69) is 37.9 Å². The Kier molecular flexibility index (Phi) is 8.67. The van der Waals surface area contributed by atoms with Gasteiger partial charge in [0, 0.05) is 12.6 Å². The minimum atomic E-state index is 0.361. The molecule has 114 valence electrons. The number of likely N-dealkylation sites (tertiary alicyclic amines) is 1. The van der Waals surface area contributed by atoms with Gasteiger partial charge in [0.25, 0.3) is 0 Å². The standard InChI is InChI=1S/C16H34N2O/c1-5-10-18-11-7-16(8-12-18)15(4)17-9-6-13-19-14(2)3/h14-17H,5-13H2,1-4H3. The van der Waals surface area contributed by atoms with E-state index in [1.807, 2.05) is 0 Å². The Balaban J connectivity index is 2.05. The zero-order valence-electron chi connectivity index (χ0n) is 13.5. The molecule has 1 N–H and O–H groups in total. The fourth-order valence-electron chi connectivity index (χ4n) is 2.88. The molecule has 0 aromatic carbocycles. The van der Waals surface area contributed by atoms with Crippen molar-refractivity contribution in [3.63, 3.8) is 0 Å².